The maximum Gasteiger partial charge on any atom is 0.227 e. The zero-order chi connectivity index (χ0) is 16.1. The van der Waals surface area contributed by atoms with Crippen molar-refractivity contribution in [1.82, 2.24) is 15.1 Å². The molecule has 0 atom stereocenters. The Bertz CT molecular complexity index is 778. The highest BCUT2D eigenvalue weighted by Crippen LogP contribution is 2.27. The van der Waals surface area contributed by atoms with E-state index in [9.17, 15) is 0 Å². The average Bonchev–Trinajstić information content (AvgIpc) is 3.03. The predicted octanol–water partition coefficient (Wildman–Crippen LogP) is 4.45. The van der Waals surface area contributed by atoms with Gasteiger partial charge in [0.2, 0.25) is 11.7 Å². The maximum absolute atomic E-state index is 6.04. The zero-order valence-corrected chi connectivity index (χ0v) is 13.6. The lowest BCUT2D eigenvalue weighted by Crippen LogP contribution is -2.00. The molecule has 0 saturated heterocycles. The number of aromatic nitrogens is 3. The third-order valence-electron chi connectivity index (χ3n) is 3.05. The predicted molar refractivity (Wildman–Crippen MR) is 87.8 cm³/mol. The molecule has 0 bridgehead atoms. The average molecular weight is 350 g/mol. The topological polar surface area (TPSA) is 61.0 Å². The summed E-state index contributed by atoms with van der Waals surface area (Å²) < 4.78 is 10.8. The summed E-state index contributed by atoms with van der Waals surface area (Å²) in [6, 6.07) is 10.7. The van der Waals surface area contributed by atoms with Gasteiger partial charge in [-0.3, -0.25) is 4.98 Å². The summed E-state index contributed by atoms with van der Waals surface area (Å²) in [5.74, 6) is 1.65. The van der Waals surface area contributed by atoms with E-state index in [4.69, 9.17) is 32.5 Å². The number of aryl methyl sites for hydroxylation is 1. The smallest absolute Gasteiger partial charge is 0.227 e. The van der Waals surface area contributed by atoms with Crippen LogP contribution in [0.15, 0.2) is 47.1 Å². The molecule has 0 aliphatic carbocycles. The molecule has 7 heteroatoms. The molecule has 0 N–H and O–H groups in total. The van der Waals surface area contributed by atoms with E-state index in [0.29, 0.717) is 46.2 Å². The Morgan fingerprint density at radius 3 is 2.83 bits per heavy atom. The van der Waals surface area contributed by atoms with Gasteiger partial charge in [-0.2, -0.15) is 4.98 Å². The van der Waals surface area contributed by atoms with Crippen LogP contribution in [0.1, 0.15) is 12.3 Å². The van der Waals surface area contributed by atoms with E-state index in [1.54, 1.807) is 24.4 Å². The molecule has 0 aliphatic heterocycles. The minimum Gasteiger partial charge on any atom is -0.492 e. The van der Waals surface area contributed by atoms with Crippen LogP contribution >= 0.6 is 23.2 Å². The lowest BCUT2D eigenvalue weighted by atomic mass is 10.3. The first kappa shape index (κ1) is 15.8. The summed E-state index contributed by atoms with van der Waals surface area (Å²) in [6.45, 7) is 0.489. The standard InChI is InChI=1S/C16H13Cl2N3O2/c17-11-6-7-14(12(18)10-11)22-9-3-5-15-20-16(21-23-15)13-4-1-2-8-19-13/h1-2,4,6-8,10H,3,5,9H2. The van der Waals surface area contributed by atoms with Gasteiger partial charge in [-0.1, -0.05) is 34.4 Å². The molecular formula is C16H13Cl2N3O2. The van der Waals surface area contributed by atoms with Gasteiger partial charge < -0.3 is 9.26 Å². The summed E-state index contributed by atoms with van der Waals surface area (Å²) >= 11 is 11.9. The molecule has 3 rings (SSSR count). The largest absolute Gasteiger partial charge is 0.492 e. The minimum absolute atomic E-state index is 0.488. The van der Waals surface area contributed by atoms with Gasteiger partial charge in [-0.25, -0.2) is 0 Å². The van der Waals surface area contributed by atoms with Crippen molar-refractivity contribution in [2.45, 2.75) is 12.8 Å². The third kappa shape index (κ3) is 4.21. The van der Waals surface area contributed by atoms with Crippen LogP contribution in [0.4, 0.5) is 0 Å². The van der Waals surface area contributed by atoms with Crippen LogP contribution < -0.4 is 4.74 Å². The van der Waals surface area contributed by atoms with Crippen LogP contribution in [0.5, 0.6) is 5.75 Å². The first-order chi connectivity index (χ1) is 11.2. The number of nitrogens with zero attached hydrogens (tertiary/aromatic N) is 3. The molecule has 0 spiro atoms. The second-order valence-electron chi connectivity index (χ2n) is 4.75. The highest BCUT2D eigenvalue weighted by Gasteiger charge is 2.09. The van der Waals surface area contributed by atoms with Crippen molar-refractivity contribution < 1.29 is 9.26 Å². The van der Waals surface area contributed by atoms with Crippen LogP contribution in [-0.2, 0) is 6.42 Å². The molecule has 1 aromatic carbocycles. The maximum atomic E-state index is 6.04. The highest BCUT2D eigenvalue weighted by atomic mass is 35.5. The van der Waals surface area contributed by atoms with E-state index >= 15 is 0 Å². The molecule has 0 fully saturated rings. The van der Waals surface area contributed by atoms with Gasteiger partial charge in [0.25, 0.3) is 0 Å². The number of halogens is 2. The van der Waals surface area contributed by atoms with E-state index in [2.05, 4.69) is 15.1 Å². The first-order valence-corrected chi connectivity index (χ1v) is 7.80. The zero-order valence-electron chi connectivity index (χ0n) is 12.1. The summed E-state index contributed by atoms with van der Waals surface area (Å²) in [5, 5.41) is 4.99. The fourth-order valence-corrected chi connectivity index (χ4v) is 2.42. The SMILES string of the molecule is Clc1ccc(OCCCc2nc(-c3ccccn3)no2)c(Cl)c1. The summed E-state index contributed by atoms with van der Waals surface area (Å²) in [5.41, 5.74) is 0.687. The fourth-order valence-electron chi connectivity index (χ4n) is 1.95. The van der Waals surface area contributed by atoms with Gasteiger partial charge in [0.1, 0.15) is 11.4 Å². The van der Waals surface area contributed by atoms with E-state index in [1.165, 1.54) is 0 Å². The Kier molecular flexibility index (Phi) is 5.10. The van der Waals surface area contributed by atoms with Crippen molar-refractivity contribution in [2.24, 2.45) is 0 Å². The molecule has 2 aromatic heterocycles. The Morgan fingerprint density at radius 2 is 2.04 bits per heavy atom. The molecule has 0 unspecified atom stereocenters. The Labute approximate surface area is 143 Å². The fraction of sp³-hybridized carbons (Fsp3) is 0.188. The number of pyridine rings is 1. The van der Waals surface area contributed by atoms with Crippen molar-refractivity contribution in [2.75, 3.05) is 6.61 Å². The molecule has 0 amide bonds. The van der Waals surface area contributed by atoms with Crippen molar-refractivity contribution >= 4 is 23.2 Å². The number of hydrogen-bond acceptors (Lipinski definition) is 5. The number of ether oxygens (including phenoxy) is 1. The summed E-state index contributed by atoms with van der Waals surface area (Å²) in [4.78, 5) is 8.49. The van der Waals surface area contributed by atoms with Gasteiger partial charge in [0, 0.05) is 17.6 Å². The quantitative estimate of drug-likeness (QED) is 0.615. The van der Waals surface area contributed by atoms with Gasteiger partial charge >= 0.3 is 0 Å². The third-order valence-corrected chi connectivity index (χ3v) is 3.58. The normalized spacial score (nSPS) is 10.7. The molecule has 3 aromatic rings. The lowest BCUT2D eigenvalue weighted by Gasteiger charge is -2.07. The second-order valence-corrected chi connectivity index (χ2v) is 5.60. The molecule has 118 valence electrons. The Hall–Kier alpha value is -2.11. The molecular weight excluding hydrogens is 337 g/mol. The number of benzene rings is 1. The van der Waals surface area contributed by atoms with Gasteiger partial charge in [0.05, 0.1) is 11.6 Å². The van der Waals surface area contributed by atoms with E-state index in [0.717, 1.165) is 6.42 Å². The molecule has 0 saturated carbocycles. The lowest BCUT2D eigenvalue weighted by molar-refractivity contribution is 0.298. The summed E-state index contributed by atoms with van der Waals surface area (Å²) in [6.07, 6.45) is 3.03. The minimum atomic E-state index is 0.488. The van der Waals surface area contributed by atoms with Crippen LogP contribution in [0, 0.1) is 0 Å². The van der Waals surface area contributed by atoms with Gasteiger partial charge in [0.15, 0.2) is 0 Å². The van der Waals surface area contributed by atoms with Crippen LogP contribution in [0.25, 0.3) is 11.5 Å². The van der Waals surface area contributed by atoms with Gasteiger partial charge in [-0.15, -0.1) is 0 Å². The van der Waals surface area contributed by atoms with E-state index < -0.39 is 0 Å². The van der Waals surface area contributed by atoms with Crippen LogP contribution in [-0.4, -0.2) is 21.7 Å². The molecule has 5 nitrogen and oxygen atoms in total. The van der Waals surface area contributed by atoms with Crippen molar-refractivity contribution in [3.63, 3.8) is 0 Å². The van der Waals surface area contributed by atoms with Crippen LogP contribution in [0.3, 0.4) is 0 Å². The second kappa shape index (κ2) is 7.44. The Morgan fingerprint density at radius 1 is 1.13 bits per heavy atom. The highest BCUT2D eigenvalue weighted by molar-refractivity contribution is 6.35. The van der Waals surface area contributed by atoms with Crippen molar-refractivity contribution in [3.8, 4) is 17.3 Å². The Balaban J connectivity index is 1.50. The first-order valence-electron chi connectivity index (χ1n) is 7.04. The van der Waals surface area contributed by atoms with E-state index in [1.807, 2.05) is 18.2 Å². The number of hydrogen-bond donors (Lipinski definition) is 0. The summed E-state index contributed by atoms with van der Waals surface area (Å²) in [7, 11) is 0. The monoisotopic (exact) mass is 349 g/mol. The van der Waals surface area contributed by atoms with Gasteiger partial charge in [-0.05, 0) is 36.8 Å². The van der Waals surface area contributed by atoms with Crippen molar-refractivity contribution in [3.05, 3.63) is 58.5 Å². The van der Waals surface area contributed by atoms with Crippen molar-refractivity contribution in [1.29, 1.82) is 0 Å². The molecule has 0 aliphatic rings. The molecule has 0 radical (unpaired) electrons. The molecule has 2 heterocycles. The molecule has 23 heavy (non-hydrogen) atoms. The van der Waals surface area contributed by atoms with E-state index in [-0.39, 0.29) is 0 Å². The van der Waals surface area contributed by atoms with Crippen LogP contribution in [0.2, 0.25) is 10.0 Å². The number of rotatable bonds is 6.